The van der Waals surface area contributed by atoms with Crippen LogP contribution in [-0.4, -0.2) is 54.4 Å². The first-order valence-corrected chi connectivity index (χ1v) is 14.0. The standard InChI is InChI=1S/C31H42O8/c1-18(10-11-24(36-6)21-8-7-9-22(32)14-21)28-19(2)12-13-31(39-28)26(27(34)20(3)16-30(31,4)5)29(35)38-23-15-25(33)37-17-23/h7-9,12-14,18-20,23-24,26,28,32H,10-11,15-17H2,1-6H3/t18-,19-,20+,23+,24-,26-,28+,31-/m0/s1. The number of carbonyl (C=O) groups excluding carboxylic acids is 3. The lowest BCUT2D eigenvalue weighted by Crippen LogP contribution is -2.65. The smallest absolute Gasteiger partial charge is 0.320 e. The molecule has 1 saturated carbocycles. The third-order valence-electron chi connectivity index (χ3n) is 8.88. The quantitative estimate of drug-likeness (QED) is 0.280. The molecule has 0 aromatic heterocycles. The van der Waals surface area contributed by atoms with Crippen molar-refractivity contribution in [1.82, 2.24) is 0 Å². The Kier molecular flexibility index (Phi) is 8.57. The summed E-state index contributed by atoms with van der Waals surface area (Å²) in [6.45, 7) is 10.2. The lowest BCUT2D eigenvalue weighted by molar-refractivity contribution is -0.217. The van der Waals surface area contributed by atoms with Gasteiger partial charge in [0.05, 0.1) is 18.6 Å². The van der Waals surface area contributed by atoms with Gasteiger partial charge in [-0.3, -0.25) is 14.4 Å². The maximum atomic E-state index is 13.6. The van der Waals surface area contributed by atoms with Gasteiger partial charge in [0, 0.05) is 18.9 Å². The molecule has 2 aliphatic heterocycles. The van der Waals surface area contributed by atoms with Crippen molar-refractivity contribution in [3.63, 3.8) is 0 Å². The maximum Gasteiger partial charge on any atom is 0.320 e. The molecular formula is C31H42O8. The first kappa shape index (κ1) is 29.3. The van der Waals surface area contributed by atoms with Crippen LogP contribution in [0, 0.1) is 29.1 Å². The van der Waals surface area contributed by atoms with E-state index in [-0.39, 0.29) is 54.5 Å². The number of rotatable bonds is 8. The van der Waals surface area contributed by atoms with Crippen LogP contribution in [0.3, 0.4) is 0 Å². The first-order chi connectivity index (χ1) is 18.4. The molecular weight excluding hydrogens is 500 g/mol. The monoisotopic (exact) mass is 542 g/mol. The average Bonchev–Trinajstić information content (AvgIpc) is 3.28. The number of aromatic hydroxyl groups is 1. The second-order valence-electron chi connectivity index (χ2n) is 12.2. The van der Waals surface area contributed by atoms with Gasteiger partial charge < -0.3 is 24.1 Å². The second-order valence-corrected chi connectivity index (χ2v) is 12.2. The summed E-state index contributed by atoms with van der Waals surface area (Å²) in [6, 6.07) is 7.09. The molecule has 1 N–H and O–H groups in total. The van der Waals surface area contributed by atoms with Crippen molar-refractivity contribution in [2.24, 2.45) is 29.1 Å². The fourth-order valence-electron chi connectivity index (χ4n) is 6.69. The van der Waals surface area contributed by atoms with Gasteiger partial charge in [0.25, 0.3) is 0 Å². The molecule has 0 radical (unpaired) electrons. The lowest BCUT2D eigenvalue weighted by Gasteiger charge is -2.56. The van der Waals surface area contributed by atoms with Gasteiger partial charge in [0.2, 0.25) is 0 Å². The van der Waals surface area contributed by atoms with Crippen LogP contribution in [-0.2, 0) is 33.3 Å². The summed E-state index contributed by atoms with van der Waals surface area (Å²) in [4.78, 5) is 38.8. The molecule has 39 heavy (non-hydrogen) atoms. The highest BCUT2D eigenvalue weighted by molar-refractivity contribution is 6.03. The Morgan fingerprint density at radius 1 is 1.21 bits per heavy atom. The maximum absolute atomic E-state index is 13.6. The lowest BCUT2D eigenvalue weighted by atomic mass is 9.55. The van der Waals surface area contributed by atoms with E-state index in [1.165, 1.54) is 0 Å². The van der Waals surface area contributed by atoms with E-state index in [1.807, 2.05) is 32.9 Å². The Morgan fingerprint density at radius 2 is 1.95 bits per heavy atom. The van der Waals surface area contributed by atoms with Gasteiger partial charge in [-0.05, 0) is 48.3 Å². The number of ether oxygens (including phenoxy) is 4. The number of esters is 2. The van der Waals surface area contributed by atoms with Crippen LogP contribution in [0.25, 0.3) is 0 Å². The molecule has 214 valence electrons. The molecule has 8 nitrogen and oxygen atoms in total. The number of benzene rings is 1. The molecule has 1 spiro atoms. The average molecular weight is 543 g/mol. The zero-order valence-corrected chi connectivity index (χ0v) is 23.8. The number of phenols is 1. The summed E-state index contributed by atoms with van der Waals surface area (Å²) in [5.41, 5.74) is -0.796. The number of hydrogen-bond acceptors (Lipinski definition) is 8. The highest BCUT2D eigenvalue weighted by Crippen LogP contribution is 2.54. The largest absolute Gasteiger partial charge is 0.508 e. The van der Waals surface area contributed by atoms with Crippen molar-refractivity contribution in [2.75, 3.05) is 13.7 Å². The predicted molar refractivity (Wildman–Crippen MR) is 144 cm³/mol. The minimum Gasteiger partial charge on any atom is -0.508 e. The molecule has 2 fully saturated rings. The Bertz CT molecular complexity index is 1110. The van der Waals surface area contributed by atoms with Crippen LogP contribution >= 0.6 is 0 Å². The zero-order valence-electron chi connectivity index (χ0n) is 23.8. The minimum atomic E-state index is -1.17. The summed E-state index contributed by atoms with van der Waals surface area (Å²) in [6.07, 6.45) is 4.91. The molecule has 8 atom stereocenters. The van der Waals surface area contributed by atoms with Crippen LogP contribution in [0.5, 0.6) is 5.75 Å². The highest BCUT2D eigenvalue weighted by Gasteiger charge is 2.63. The molecule has 0 unspecified atom stereocenters. The van der Waals surface area contributed by atoms with Crippen molar-refractivity contribution in [3.8, 4) is 5.75 Å². The highest BCUT2D eigenvalue weighted by atomic mass is 16.6. The SMILES string of the molecule is CO[C@@H](CC[C@H](C)[C@H]1O[C@@]2(C=C[C@@H]1C)[C@H](C(=O)O[C@H]1COC(=O)C1)C(=O)[C@H](C)CC2(C)C)c1cccc(O)c1. The third-order valence-corrected chi connectivity index (χ3v) is 8.88. The molecule has 1 aromatic carbocycles. The van der Waals surface area contributed by atoms with Crippen molar-refractivity contribution < 1.29 is 38.4 Å². The Hall–Kier alpha value is -2.71. The van der Waals surface area contributed by atoms with Crippen molar-refractivity contribution >= 4 is 17.7 Å². The van der Waals surface area contributed by atoms with Gasteiger partial charge in [0.1, 0.15) is 30.0 Å². The molecule has 8 heteroatoms. The molecule has 0 bridgehead atoms. The van der Waals surface area contributed by atoms with Gasteiger partial charge >= 0.3 is 11.9 Å². The Labute approximate surface area is 231 Å². The number of phenolic OH excluding ortho intramolecular Hbond substituents is 1. The van der Waals surface area contributed by atoms with Crippen LogP contribution in [0.4, 0.5) is 0 Å². The van der Waals surface area contributed by atoms with Gasteiger partial charge in [-0.2, -0.15) is 0 Å². The van der Waals surface area contributed by atoms with Gasteiger partial charge in [-0.15, -0.1) is 0 Å². The zero-order chi connectivity index (χ0) is 28.5. The Balaban J connectivity index is 1.57. The van der Waals surface area contributed by atoms with E-state index in [0.29, 0.717) is 12.8 Å². The van der Waals surface area contributed by atoms with E-state index < -0.39 is 35.0 Å². The van der Waals surface area contributed by atoms with E-state index >= 15 is 0 Å². The van der Waals surface area contributed by atoms with Crippen LogP contribution in [0.15, 0.2) is 36.4 Å². The summed E-state index contributed by atoms with van der Waals surface area (Å²) in [5.74, 6) is -2.39. The number of carbonyl (C=O) groups is 3. The van der Waals surface area contributed by atoms with Crippen molar-refractivity contribution in [2.45, 2.75) is 84.2 Å². The van der Waals surface area contributed by atoms with E-state index in [0.717, 1.165) is 12.0 Å². The molecule has 0 amide bonds. The number of cyclic esters (lactones) is 1. The number of ketones is 1. The Morgan fingerprint density at radius 3 is 2.59 bits per heavy atom. The van der Waals surface area contributed by atoms with E-state index in [2.05, 4.69) is 19.9 Å². The molecule has 4 rings (SSSR count). The normalized spacial score (nSPS) is 33.5. The fourth-order valence-corrected chi connectivity index (χ4v) is 6.69. The number of hydrogen-bond donors (Lipinski definition) is 1. The van der Waals surface area contributed by atoms with E-state index in [1.54, 1.807) is 25.3 Å². The van der Waals surface area contributed by atoms with Crippen molar-refractivity contribution in [1.29, 1.82) is 0 Å². The summed E-state index contributed by atoms with van der Waals surface area (Å²) in [5, 5.41) is 9.90. The minimum absolute atomic E-state index is 0.00464. The number of Topliss-reactive ketones (excluding diaryl/α,β-unsaturated/α-hetero) is 1. The first-order valence-electron chi connectivity index (χ1n) is 14.0. The van der Waals surface area contributed by atoms with Crippen LogP contribution in [0.2, 0.25) is 0 Å². The summed E-state index contributed by atoms with van der Waals surface area (Å²) in [7, 11) is 1.66. The van der Waals surface area contributed by atoms with Crippen LogP contribution < -0.4 is 0 Å². The molecule has 3 aliphatic rings. The van der Waals surface area contributed by atoms with E-state index in [9.17, 15) is 19.5 Å². The van der Waals surface area contributed by atoms with E-state index in [4.69, 9.17) is 18.9 Å². The summed E-state index contributed by atoms with van der Waals surface area (Å²) < 4.78 is 23.3. The van der Waals surface area contributed by atoms with Gasteiger partial charge in [0.15, 0.2) is 5.78 Å². The molecule has 2 heterocycles. The predicted octanol–water partition coefficient (Wildman–Crippen LogP) is 4.94. The third kappa shape index (κ3) is 5.78. The fraction of sp³-hybridized carbons (Fsp3) is 0.645. The molecule has 1 aliphatic carbocycles. The van der Waals surface area contributed by atoms with Gasteiger partial charge in [-0.1, -0.05) is 58.9 Å². The summed E-state index contributed by atoms with van der Waals surface area (Å²) >= 11 is 0. The molecule has 1 aromatic rings. The molecule has 1 saturated heterocycles. The van der Waals surface area contributed by atoms with Gasteiger partial charge in [-0.25, -0.2) is 0 Å². The van der Waals surface area contributed by atoms with Crippen LogP contribution in [0.1, 0.15) is 72.0 Å². The second kappa shape index (κ2) is 11.4. The number of methoxy groups -OCH3 is 1. The van der Waals surface area contributed by atoms with Crippen molar-refractivity contribution in [3.05, 3.63) is 42.0 Å². The topological polar surface area (TPSA) is 108 Å².